The van der Waals surface area contributed by atoms with E-state index in [1.165, 1.54) is 11.3 Å². The highest BCUT2D eigenvalue weighted by atomic mass is 32.1. The lowest BCUT2D eigenvalue weighted by molar-refractivity contribution is 0.415. The standard InChI is InChI=1S/C19H13NO3S/c1-22-14-8-6-12(7-9-14)18-20-16(11-24-18)15-10-13-4-2-3-5-17(13)23-19(15)21/h2-11H,1H3. The average molecular weight is 335 g/mol. The first-order valence-corrected chi connectivity index (χ1v) is 8.26. The van der Waals surface area contributed by atoms with Crippen molar-refractivity contribution < 1.29 is 9.15 Å². The van der Waals surface area contributed by atoms with E-state index in [1.807, 2.05) is 53.9 Å². The highest BCUT2D eigenvalue weighted by Gasteiger charge is 2.12. The van der Waals surface area contributed by atoms with Crippen LogP contribution in [0.15, 0.2) is 69.2 Å². The largest absolute Gasteiger partial charge is 0.497 e. The lowest BCUT2D eigenvalue weighted by atomic mass is 10.1. The smallest absolute Gasteiger partial charge is 0.345 e. The fraction of sp³-hybridized carbons (Fsp3) is 0.0526. The summed E-state index contributed by atoms with van der Waals surface area (Å²) in [5.74, 6) is 0.797. The van der Waals surface area contributed by atoms with Gasteiger partial charge in [-0.1, -0.05) is 18.2 Å². The maximum absolute atomic E-state index is 12.2. The summed E-state index contributed by atoms with van der Waals surface area (Å²) in [5, 5.41) is 3.60. The molecule has 2 aromatic carbocycles. The summed E-state index contributed by atoms with van der Waals surface area (Å²) < 4.78 is 10.6. The van der Waals surface area contributed by atoms with E-state index in [2.05, 4.69) is 4.98 Å². The molecule has 4 rings (SSSR count). The number of hydrogen-bond donors (Lipinski definition) is 0. The summed E-state index contributed by atoms with van der Waals surface area (Å²) in [5.41, 5.74) is 2.30. The third kappa shape index (κ3) is 2.59. The number of fused-ring (bicyclic) bond motifs is 1. The molecule has 0 spiro atoms. The summed E-state index contributed by atoms with van der Waals surface area (Å²) in [7, 11) is 1.63. The molecule has 118 valence electrons. The molecule has 0 saturated heterocycles. The van der Waals surface area contributed by atoms with Gasteiger partial charge in [0, 0.05) is 16.3 Å². The van der Waals surface area contributed by atoms with Gasteiger partial charge in [-0.2, -0.15) is 0 Å². The van der Waals surface area contributed by atoms with Gasteiger partial charge in [0.2, 0.25) is 0 Å². The van der Waals surface area contributed by atoms with Crippen molar-refractivity contribution in [1.29, 1.82) is 0 Å². The first kappa shape index (κ1) is 14.7. The molecular weight excluding hydrogens is 322 g/mol. The van der Waals surface area contributed by atoms with E-state index in [0.29, 0.717) is 16.8 Å². The fourth-order valence-electron chi connectivity index (χ4n) is 2.50. The molecule has 0 aliphatic carbocycles. The lowest BCUT2D eigenvalue weighted by Gasteiger charge is -2.01. The molecule has 0 aliphatic heterocycles. The fourth-order valence-corrected chi connectivity index (χ4v) is 3.33. The van der Waals surface area contributed by atoms with Crippen LogP contribution in [0.4, 0.5) is 0 Å². The van der Waals surface area contributed by atoms with Crippen LogP contribution < -0.4 is 10.4 Å². The topological polar surface area (TPSA) is 52.3 Å². The van der Waals surface area contributed by atoms with Gasteiger partial charge in [-0.05, 0) is 36.4 Å². The Morgan fingerprint density at radius 1 is 1.08 bits per heavy atom. The number of para-hydroxylation sites is 1. The molecule has 0 N–H and O–H groups in total. The van der Waals surface area contributed by atoms with Crippen LogP contribution in [-0.4, -0.2) is 12.1 Å². The zero-order valence-corrected chi connectivity index (χ0v) is 13.7. The first-order valence-electron chi connectivity index (χ1n) is 7.38. The normalized spacial score (nSPS) is 10.9. The van der Waals surface area contributed by atoms with Crippen molar-refractivity contribution >= 4 is 22.3 Å². The molecule has 0 amide bonds. The van der Waals surface area contributed by atoms with Crippen LogP contribution in [0.5, 0.6) is 5.75 Å². The number of ether oxygens (including phenoxy) is 1. The molecule has 0 unspecified atom stereocenters. The molecule has 0 atom stereocenters. The quantitative estimate of drug-likeness (QED) is 0.514. The van der Waals surface area contributed by atoms with Crippen molar-refractivity contribution in [2.75, 3.05) is 7.11 Å². The Morgan fingerprint density at radius 2 is 1.88 bits per heavy atom. The van der Waals surface area contributed by atoms with Gasteiger partial charge >= 0.3 is 5.63 Å². The van der Waals surface area contributed by atoms with Gasteiger partial charge in [-0.15, -0.1) is 11.3 Å². The van der Waals surface area contributed by atoms with Crippen LogP contribution in [-0.2, 0) is 0 Å². The second-order valence-electron chi connectivity index (χ2n) is 5.25. The van der Waals surface area contributed by atoms with Crippen molar-refractivity contribution in [3.05, 3.63) is 70.4 Å². The third-order valence-corrected chi connectivity index (χ3v) is 4.65. The molecule has 0 bridgehead atoms. The molecular formula is C19H13NO3S. The monoisotopic (exact) mass is 335 g/mol. The second-order valence-corrected chi connectivity index (χ2v) is 6.11. The number of benzene rings is 2. The van der Waals surface area contributed by atoms with E-state index in [4.69, 9.17) is 9.15 Å². The van der Waals surface area contributed by atoms with Crippen molar-refractivity contribution in [3.8, 4) is 27.6 Å². The zero-order chi connectivity index (χ0) is 16.5. The molecule has 5 heteroatoms. The molecule has 0 aliphatic rings. The van der Waals surface area contributed by atoms with Gasteiger partial charge in [0.25, 0.3) is 0 Å². The predicted molar refractivity (Wildman–Crippen MR) is 95.6 cm³/mol. The Hall–Kier alpha value is -2.92. The van der Waals surface area contributed by atoms with Crippen molar-refractivity contribution in [2.24, 2.45) is 0 Å². The van der Waals surface area contributed by atoms with Crippen LogP contribution in [0, 0.1) is 0 Å². The minimum Gasteiger partial charge on any atom is -0.497 e. The van der Waals surface area contributed by atoms with Gasteiger partial charge in [-0.3, -0.25) is 0 Å². The maximum atomic E-state index is 12.2. The highest BCUT2D eigenvalue weighted by Crippen LogP contribution is 2.29. The molecule has 2 aromatic heterocycles. The Labute approximate surface area is 142 Å². The van der Waals surface area contributed by atoms with Crippen LogP contribution in [0.1, 0.15) is 0 Å². The number of nitrogens with zero attached hydrogens (tertiary/aromatic N) is 1. The molecule has 24 heavy (non-hydrogen) atoms. The molecule has 0 saturated carbocycles. The molecule has 0 radical (unpaired) electrons. The van der Waals surface area contributed by atoms with E-state index < -0.39 is 0 Å². The van der Waals surface area contributed by atoms with E-state index in [-0.39, 0.29) is 5.63 Å². The lowest BCUT2D eigenvalue weighted by Crippen LogP contribution is -2.02. The summed E-state index contributed by atoms with van der Waals surface area (Å²) in [4.78, 5) is 16.8. The van der Waals surface area contributed by atoms with Crippen molar-refractivity contribution in [3.63, 3.8) is 0 Å². The summed E-state index contributed by atoms with van der Waals surface area (Å²) in [6.07, 6.45) is 0. The minimum absolute atomic E-state index is 0.375. The maximum Gasteiger partial charge on any atom is 0.345 e. The highest BCUT2D eigenvalue weighted by molar-refractivity contribution is 7.13. The number of methoxy groups -OCH3 is 1. The molecule has 4 nitrogen and oxygen atoms in total. The zero-order valence-electron chi connectivity index (χ0n) is 12.9. The Balaban J connectivity index is 1.76. The van der Waals surface area contributed by atoms with E-state index in [0.717, 1.165) is 21.7 Å². The van der Waals surface area contributed by atoms with Gasteiger partial charge in [0.1, 0.15) is 16.3 Å². The summed E-state index contributed by atoms with van der Waals surface area (Å²) in [6, 6.07) is 17.0. The van der Waals surface area contributed by atoms with E-state index in [9.17, 15) is 4.79 Å². The Kier molecular flexibility index (Phi) is 3.63. The summed E-state index contributed by atoms with van der Waals surface area (Å²) in [6.45, 7) is 0. The molecule has 0 fully saturated rings. The van der Waals surface area contributed by atoms with Gasteiger partial charge in [-0.25, -0.2) is 9.78 Å². The first-order chi connectivity index (χ1) is 11.7. The molecule has 2 heterocycles. The Bertz CT molecular complexity index is 1060. The number of rotatable bonds is 3. The predicted octanol–water partition coefficient (Wildman–Crippen LogP) is 4.59. The number of hydrogen-bond acceptors (Lipinski definition) is 5. The van der Waals surface area contributed by atoms with Crippen LogP contribution in [0.3, 0.4) is 0 Å². The van der Waals surface area contributed by atoms with Crippen LogP contribution >= 0.6 is 11.3 Å². The number of aromatic nitrogens is 1. The minimum atomic E-state index is -0.375. The second kappa shape index (κ2) is 5.94. The molecule has 4 aromatic rings. The van der Waals surface area contributed by atoms with Gasteiger partial charge in [0.05, 0.1) is 18.4 Å². The average Bonchev–Trinajstić information content (AvgIpc) is 3.11. The van der Waals surface area contributed by atoms with Gasteiger partial charge < -0.3 is 9.15 Å². The van der Waals surface area contributed by atoms with Crippen molar-refractivity contribution in [1.82, 2.24) is 4.98 Å². The summed E-state index contributed by atoms with van der Waals surface area (Å²) >= 11 is 1.49. The van der Waals surface area contributed by atoms with E-state index in [1.54, 1.807) is 13.2 Å². The number of thiazole rings is 1. The Morgan fingerprint density at radius 3 is 2.67 bits per heavy atom. The van der Waals surface area contributed by atoms with Crippen LogP contribution in [0.25, 0.3) is 32.8 Å². The van der Waals surface area contributed by atoms with Crippen molar-refractivity contribution in [2.45, 2.75) is 0 Å². The van der Waals surface area contributed by atoms with Gasteiger partial charge in [0.15, 0.2) is 0 Å². The van der Waals surface area contributed by atoms with Crippen LogP contribution in [0.2, 0.25) is 0 Å². The third-order valence-electron chi connectivity index (χ3n) is 3.76. The van der Waals surface area contributed by atoms with E-state index >= 15 is 0 Å². The SMILES string of the molecule is COc1ccc(-c2nc(-c3cc4ccccc4oc3=O)cs2)cc1.